The molecule has 5 nitrogen and oxygen atoms in total. The molecule has 20 heavy (non-hydrogen) atoms. The molecule has 108 valence electrons. The second-order valence-electron chi connectivity index (χ2n) is 4.67. The van der Waals surface area contributed by atoms with Crippen molar-refractivity contribution in [3.05, 3.63) is 29.8 Å². The number of benzene rings is 1. The molecule has 2 amide bonds. The number of carbonyl (C=O) groups excluding carboxylic acids is 2. The largest absolute Gasteiger partial charge is 0.493 e. The van der Waals surface area contributed by atoms with Gasteiger partial charge in [-0.2, -0.15) is 12.6 Å². The fraction of sp³-hybridized carbons (Fsp3) is 0.429. The van der Waals surface area contributed by atoms with E-state index in [1.165, 1.54) is 6.92 Å². The second-order valence-corrected chi connectivity index (χ2v) is 5.04. The van der Waals surface area contributed by atoms with Gasteiger partial charge < -0.3 is 15.4 Å². The van der Waals surface area contributed by atoms with Gasteiger partial charge in [-0.1, -0.05) is 18.2 Å². The molecule has 1 aromatic carbocycles. The van der Waals surface area contributed by atoms with Gasteiger partial charge in [0, 0.05) is 24.7 Å². The van der Waals surface area contributed by atoms with E-state index in [-0.39, 0.29) is 23.6 Å². The maximum atomic E-state index is 12.2. The Morgan fingerprint density at radius 3 is 2.90 bits per heavy atom. The smallest absolute Gasteiger partial charge is 0.243 e. The lowest BCUT2D eigenvalue weighted by atomic mass is 10.0. The van der Waals surface area contributed by atoms with Crippen molar-refractivity contribution in [1.82, 2.24) is 10.6 Å². The van der Waals surface area contributed by atoms with Gasteiger partial charge in [0.05, 0.1) is 12.6 Å². The van der Waals surface area contributed by atoms with Crippen LogP contribution in [0.1, 0.15) is 24.9 Å². The van der Waals surface area contributed by atoms with E-state index in [2.05, 4.69) is 23.3 Å². The quantitative estimate of drug-likeness (QED) is 0.728. The minimum absolute atomic E-state index is 0.0939. The standard InChI is InChI=1S/C14H18N2O3S/c1-9(17)15-12(8-20)14(18)16-11-6-7-19-13-5-3-2-4-10(11)13/h2-5,11-12,20H,6-8H2,1H3,(H,15,17)(H,16,18). The van der Waals surface area contributed by atoms with Crippen molar-refractivity contribution in [2.75, 3.05) is 12.4 Å². The van der Waals surface area contributed by atoms with Crippen LogP contribution in [-0.2, 0) is 9.59 Å². The molecule has 0 aromatic heterocycles. The second kappa shape index (κ2) is 6.65. The van der Waals surface area contributed by atoms with Crippen LogP contribution in [0, 0.1) is 0 Å². The summed E-state index contributed by atoms with van der Waals surface area (Å²) in [5.74, 6) is 0.588. The SMILES string of the molecule is CC(=O)NC(CS)C(=O)NC1CCOc2ccccc21. The number of ether oxygens (including phenoxy) is 1. The molecule has 2 N–H and O–H groups in total. The molecule has 1 aliphatic heterocycles. The fourth-order valence-electron chi connectivity index (χ4n) is 2.20. The molecule has 0 aliphatic carbocycles. The van der Waals surface area contributed by atoms with Gasteiger partial charge in [0.1, 0.15) is 11.8 Å². The first-order chi connectivity index (χ1) is 9.61. The molecule has 2 atom stereocenters. The van der Waals surface area contributed by atoms with E-state index >= 15 is 0 Å². The number of hydrogen-bond donors (Lipinski definition) is 3. The summed E-state index contributed by atoms with van der Waals surface area (Å²) >= 11 is 4.10. The van der Waals surface area contributed by atoms with Crippen LogP contribution < -0.4 is 15.4 Å². The van der Waals surface area contributed by atoms with E-state index in [0.717, 1.165) is 11.3 Å². The lowest BCUT2D eigenvalue weighted by Gasteiger charge is -2.28. The summed E-state index contributed by atoms with van der Waals surface area (Å²) in [5.41, 5.74) is 0.966. The average molecular weight is 294 g/mol. The van der Waals surface area contributed by atoms with Crippen molar-refractivity contribution in [2.45, 2.75) is 25.4 Å². The molecule has 6 heteroatoms. The Labute approximate surface area is 123 Å². The third-order valence-corrected chi connectivity index (χ3v) is 3.52. The molecule has 1 aromatic rings. The Hall–Kier alpha value is -1.69. The van der Waals surface area contributed by atoms with Gasteiger partial charge in [-0.25, -0.2) is 0 Å². The molecular weight excluding hydrogens is 276 g/mol. The zero-order valence-corrected chi connectivity index (χ0v) is 12.2. The number of nitrogens with one attached hydrogen (secondary N) is 2. The van der Waals surface area contributed by atoms with Crippen molar-refractivity contribution >= 4 is 24.4 Å². The van der Waals surface area contributed by atoms with Crippen LogP contribution in [0.2, 0.25) is 0 Å². The molecule has 0 saturated carbocycles. The predicted molar refractivity (Wildman–Crippen MR) is 78.9 cm³/mol. The summed E-state index contributed by atoms with van der Waals surface area (Å²) in [7, 11) is 0. The van der Waals surface area contributed by atoms with E-state index in [9.17, 15) is 9.59 Å². The molecule has 1 heterocycles. The van der Waals surface area contributed by atoms with E-state index in [1.807, 2.05) is 24.3 Å². The zero-order valence-electron chi connectivity index (χ0n) is 11.3. The molecule has 2 unspecified atom stereocenters. The Morgan fingerprint density at radius 1 is 1.45 bits per heavy atom. The van der Waals surface area contributed by atoms with E-state index in [4.69, 9.17) is 4.74 Å². The van der Waals surface area contributed by atoms with Crippen molar-refractivity contribution in [3.63, 3.8) is 0 Å². The van der Waals surface area contributed by atoms with E-state index in [1.54, 1.807) is 0 Å². The molecule has 0 spiro atoms. The first-order valence-electron chi connectivity index (χ1n) is 6.52. The predicted octanol–water partition coefficient (Wildman–Crippen LogP) is 1.06. The number of thiol groups is 1. The van der Waals surface area contributed by atoms with Crippen molar-refractivity contribution in [2.24, 2.45) is 0 Å². The summed E-state index contributed by atoms with van der Waals surface area (Å²) in [6, 6.07) is 6.92. The van der Waals surface area contributed by atoms with E-state index < -0.39 is 6.04 Å². The lowest BCUT2D eigenvalue weighted by molar-refractivity contribution is -0.128. The molecule has 1 aliphatic rings. The highest BCUT2D eigenvalue weighted by Crippen LogP contribution is 2.31. The Morgan fingerprint density at radius 2 is 2.20 bits per heavy atom. The van der Waals surface area contributed by atoms with Crippen LogP contribution in [0.15, 0.2) is 24.3 Å². The minimum Gasteiger partial charge on any atom is -0.493 e. The van der Waals surface area contributed by atoms with Crippen LogP contribution in [0.25, 0.3) is 0 Å². The van der Waals surface area contributed by atoms with Gasteiger partial charge in [-0.15, -0.1) is 0 Å². The lowest BCUT2D eigenvalue weighted by Crippen LogP contribution is -2.48. The Bertz CT molecular complexity index is 507. The first kappa shape index (κ1) is 14.7. The highest BCUT2D eigenvalue weighted by atomic mass is 32.1. The fourth-order valence-corrected chi connectivity index (χ4v) is 2.46. The summed E-state index contributed by atoms with van der Waals surface area (Å²) in [5, 5.41) is 5.53. The van der Waals surface area contributed by atoms with Gasteiger partial charge in [0.15, 0.2) is 0 Å². The molecule has 0 bridgehead atoms. The number of hydrogen-bond acceptors (Lipinski definition) is 4. The normalized spacial score (nSPS) is 18.4. The maximum absolute atomic E-state index is 12.2. The molecule has 2 rings (SSSR count). The van der Waals surface area contributed by atoms with Crippen LogP contribution in [-0.4, -0.2) is 30.2 Å². The van der Waals surface area contributed by atoms with Gasteiger partial charge >= 0.3 is 0 Å². The minimum atomic E-state index is -0.620. The Balaban J connectivity index is 2.07. The molecular formula is C14H18N2O3S. The summed E-state index contributed by atoms with van der Waals surface area (Å²) in [4.78, 5) is 23.2. The molecule has 0 radical (unpaired) electrons. The highest BCUT2D eigenvalue weighted by molar-refractivity contribution is 7.80. The number of para-hydroxylation sites is 1. The van der Waals surface area contributed by atoms with Crippen molar-refractivity contribution < 1.29 is 14.3 Å². The van der Waals surface area contributed by atoms with Crippen LogP contribution in [0.5, 0.6) is 5.75 Å². The average Bonchev–Trinajstić information content (AvgIpc) is 2.45. The van der Waals surface area contributed by atoms with E-state index in [0.29, 0.717) is 13.0 Å². The third kappa shape index (κ3) is 3.45. The van der Waals surface area contributed by atoms with Crippen molar-refractivity contribution in [3.8, 4) is 5.75 Å². The summed E-state index contributed by atoms with van der Waals surface area (Å²) in [6.07, 6.45) is 0.710. The number of fused-ring (bicyclic) bond motifs is 1. The molecule has 0 saturated heterocycles. The van der Waals surface area contributed by atoms with Crippen LogP contribution >= 0.6 is 12.6 Å². The first-order valence-corrected chi connectivity index (χ1v) is 7.15. The summed E-state index contributed by atoms with van der Waals surface area (Å²) < 4.78 is 5.55. The number of amides is 2. The van der Waals surface area contributed by atoms with Crippen LogP contribution in [0.3, 0.4) is 0 Å². The van der Waals surface area contributed by atoms with Crippen molar-refractivity contribution in [1.29, 1.82) is 0 Å². The number of carbonyl (C=O) groups is 2. The van der Waals surface area contributed by atoms with Gasteiger partial charge in [0.2, 0.25) is 11.8 Å². The van der Waals surface area contributed by atoms with Gasteiger partial charge in [-0.05, 0) is 6.07 Å². The highest BCUT2D eigenvalue weighted by Gasteiger charge is 2.26. The zero-order chi connectivity index (χ0) is 14.5. The number of rotatable bonds is 4. The van der Waals surface area contributed by atoms with Crippen LogP contribution in [0.4, 0.5) is 0 Å². The monoisotopic (exact) mass is 294 g/mol. The Kier molecular flexibility index (Phi) is 4.89. The van der Waals surface area contributed by atoms with Gasteiger partial charge in [0.25, 0.3) is 0 Å². The topological polar surface area (TPSA) is 67.4 Å². The van der Waals surface area contributed by atoms with Gasteiger partial charge in [-0.3, -0.25) is 9.59 Å². The molecule has 0 fully saturated rings. The maximum Gasteiger partial charge on any atom is 0.243 e. The third-order valence-electron chi connectivity index (χ3n) is 3.15. The summed E-state index contributed by atoms with van der Waals surface area (Å²) in [6.45, 7) is 1.95.